The van der Waals surface area contributed by atoms with Crippen LogP contribution in [0, 0.1) is 0 Å². The number of rotatable bonds is 5. The second-order valence-electron chi connectivity index (χ2n) is 6.47. The van der Waals surface area contributed by atoms with Crippen molar-refractivity contribution in [1.82, 2.24) is 5.32 Å². The lowest BCUT2D eigenvalue weighted by atomic mass is 9.83. The maximum Gasteiger partial charge on any atom is 0.331 e. The van der Waals surface area contributed by atoms with Crippen LogP contribution in [0.3, 0.4) is 0 Å². The number of nitrogens with one attached hydrogen (secondary N) is 1. The van der Waals surface area contributed by atoms with E-state index in [2.05, 4.69) is 5.32 Å². The van der Waals surface area contributed by atoms with Gasteiger partial charge in [0.2, 0.25) is 5.91 Å². The molecule has 6 heteroatoms. The fourth-order valence-corrected chi connectivity index (χ4v) is 3.51. The molecular formula is C19H26ClNO4. The zero-order valence-corrected chi connectivity index (χ0v) is 15.6. The molecule has 0 radical (unpaired) electrons. The molecule has 1 N–H and O–H groups in total. The van der Waals surface area contributed by atoms with Gasteiger partial charge >= 0.3 is 5.97 Å². The normalized spacial score (nSPS) is 18.4. The molecule has 2 rings (SSSR count). The average Bonchev–Trinajstić information content (AvgIpc) is 2.62. The number of alkyl halides is 1. The highest BCUT2D eigenvalue weighted by molar-refractivity contribution is 6.31. The number of carbonyl (C=O) groups is 2. The first kappa shape index (κ1) is 19.6. The van der Waals surface area contributed by atoms with Crippen LogP contribution in [0.2, 0.25) is 0 Å². The topological polar surface area (TPSA) is 64.6 Å². The first-order chi connectivity index (χ1) is 12.0. The van der Waals surface area contributed by atoms with Crippen LogP contribution in [0.25, 0.3) is 0 Å². The monoisotopic (exact) mass is 367 g/mol. The minimum Gasteiger partial charge on any atom is -0.497 e. The van der Waals surface area contributed by atoms with Gasteiger partial charge in [0.25, 0.3) is 0 Å². The van der Waals surface area contributed by atoms with Crippen molar-refractivity contribution in [2.45, 2.75) is 55.9 Å². The van der Waals surface area contributed by atoms with Crippen LogP contribution < -0.4 is 10.1 Å². The number of methoxy groups -OCH3 is 2. The van der Waals surface area contributed by atoms with E-state index in [9.17, 15) is 9.59 Å². The number of amides is 1. The Labute approximate surface area is 154 Å². The standard InChI is InChI=1S/C19H26ClNO4/c1-24-15-10-8-14(9-11-15)16(20)17(22)21-19(18(23)25-2)12-6-4-3-5-7-13-19/h8-11,16H,3-7,12-13H2,1-2H3,(H,21,22). The van der Waals surface area contributed by atoms with Crippen LogP contribution in [0.15, 0.2) is 24.3 Å². The SMILES string of the molecule is COC(=O)C1(NC(=O)C(Cl)c2ccc(OC)cc2)CCCCCCC1. The van der Waals surface area contributed by atoms with E-state index in [0.29, 0.717) is 24.2 Å². The van der Waals surface area contributed by atoms with Crippen molar-refractivity contribution in [1.29, 1.82) is 0 Å². The quantitative estimate of drug-likeness (QED) is 0.636. The molecule has 0 aromatic heterocycles. The lowest BCUT2D eigenvalue weighted by Crippen LogP contribution is -2.56. The van der Waals surface area contributed by atoms with Gasteiger partial charge in [-0.05, 0) is 30.5 Å². The third kappa shape index (κ3) is 4.88. The molecule has 1 aliphatic rings. The van der Waals surface area contributed by atoms with Crippen LogP contribution >= 0.6 is 11.6 Å². The summed E-state index contributed by atoms with van der Waals surface area (Å²) in [4.78, 5) is 25.1. The van der Waals surface area contributed by atoms with Crippen LogP contribution in [0.1, 0.15) is 55.9 Å². The first-order valence-electron chi connectivity index (χ1n) is 8.71. The third-order valence-electron chi connectivity index (χ3n) is 4.78. The molecule has 0 spiro atoms. The number of esters is 1. The summed E-state index contributed by atoms with van der Waals surface area (Å²) in [5.74, 6) is -0.0711. The number of carbonyl (C=O) groups excluding carboxylic acids is 2. The summed E-state index contributed by atoms with van der Waals surface area (Å²) < 4.78 is 10.1. The zero-order valence-electron chi connectivity index (χ0n) is 14.8. The minimum absolute atomic E-state index is 0.377. The Balaban J connectivity index is 2.15. The van der Waals surface area contributed by atoms with Gasteiger partial charge < -0.3 is 14.8 Å². The minimum atomic E-state index is -0.980. The van der Waals surface area contributed by atoms with Crippen molar-refractivity contribution < 1.29 is 19.1 Å². The van der Waals surface area contributed by atoms with E-state index in [1.54, 1.807) is 31.4 Å². The lowest BCUT2D eigenvalue weighted by molar-refractivity contribution is -0.152. The van der Waals surface area contributed by atoms with E-state index in [-0.39, 0.29) is 11.9 Å². The highest BCUT2D eigenvalue weighted by atomic mass is 35.5. The molecule has 1 saturated carbocycles. The molecule has 0 saturated heterocycles. The predicted molar refractivity (Wildman–Crippen MR) is 96.8 cm³/mol. The molecule has 0 aliphatic heterocycles. The summed E-state index contributed by atoms with van der Waals surface area (Å²) in [6.07, 6.45) is 6.19. The van der Waals surface area contributed by atoms with Crippen molar-refractivity contribution in [3.05, 3.63) is 29.8 Å². The Morgan fingerprint density at radius 1 is 1.04 bits per heavy atom. The second kappa shape index (κ2) is 9.09. The van der Waals surface area contributed by atoms with E-state index < -0.39 is 10.9 Å². The van der Waals surface area contributed by atoms with E-state index in [0.717, 1.165) is 32.1 Å². The van der Waals surface area contributed by atoms with Crippen LogP contribution in [-0.2, 0) is 14.3 Å². The van der Waals surface area contributed by atoms with Crippen molar-refractivity contribution in [2.75, 3.05) is 14.2 Å². The lowest BCUT2D eigenvalue weighted by Gasteiger charge is -2.34. The smallest absolute Gasteiger partial charge is 0.331 e. The summed E-state index contributed by atoms with van der Waals surface area (Å²) >= 11 is 6.35. The Hall–Kier alpha value is -1.75. The summed E-state index contributed by atoms with van der Waals surface area (Å²) in [6, 6.07) is 7.01. The van der Waals surface area contributed by atoms with E-state index in [1.807, 2.05) is 0 Å². The average molecular weight is 368 g/mol. The third-order valence-corrected chi connectivity index (χ3v) is 5.23. The van der Waals surface area contributed by atoms with Gasteiger partial charge in [-0.2, -0.15) is 0 Å². The molecule has 1 atom stereocenters. The van der Waals surface area contributed by atoms with Gasteiger partial charge in [0.05, 0.1) is 14.2 Å². The maximum absolute atomic E-state index is 12.7. The molecule has 1 unspecified atom stereocenters. The number of halogens is 1. The molecule has 1 aliphatic carbocycles. The highest BCUT2D eigenvalue weighted by Gasteiger charge is 2.41. The zero-order chi connectivity index (χ0) is 18.3. The molecule has 1 aromatic rings. The number of ether oxygens (including phenoxy) is 2. The summed E-state index contributed by atoms with van der Waals surface area (Å²) in [5.41, 5.74) is -0.322. The molecule has 25 heavy (non-hydrogen) atoms. The molecule has 5 nitrogen and oxygen atoms in total. The molecule has 0 heterocycles. The Morgan fingerprint density at radius 3 is 2.12 bits per heavy atom. The summed E-state index contributed by atoms with van der Waals surface area (Å²) in [5, 5.41) is 2.02. The summed E-state index contributed by atoms with van der Waals surface area (Å²) in [7, 11) is 2.94. The van der Waals surface area contributed by atoms with Crippen molar-refractivity contribution in [2.24, 2.45) is 0 Å². The van der Waals surface area contributed by atoms with Gasteiger partial charge in [-0.25, -0.2) is 4.79 Å². The molecule has 0 bridgehead atoms. The van der Waals surface area contributed by atoms with Crippen molar-refractivity contribution >= 4 is 23.5 Å². The largest absolute Gasteiger partial charge is 0.497 e. The number of benzene rings is 1. The van der Waals surface area contributed by atoms with Gasteiger partial charge in [-0.1, -0.05) is 44.2 Å². The van der Waals surface area contributed by atoms with E-state index in [4.69, 9.17) is 21.1 Å². The van der Waals surface area contributed by atoms with Crippen molar-refractivity contribution in [3.8, 4) is 5.75 Å². The van der Waals surface area contributed by atoms with Crippen LogP contribution in [0.5, 0.6) is 5.75 Å². The number of hydrogen-bond donors (Lipinski definition) is 1. The first-order valence-corrected chi connectivity index (χ1v) is 9.14. The van der Waals surface area contributed by atoms with Crippen LogP contribution in [-0.4, -0.2) is 31.6 Å². The molecule has 138 valence electrons. The van der Waals surface area contributed by atoms with Gasteiger partial charge in [-0.3, -0.25) is 4.79 Å². The number of hydrogen-bond acceptors (Lipinski definition) is 4. The molecule has 1 aromatic carbocycles. The Bertz CT molecular complexity index is 580. The second-order valence-corrected chi connectivity index (χ2v) is 6.90. The molecule has 1 amide bonds. The van der Waals surface area contributed by atoms with Gasteiger partial charge in [-0.15, -0.1) is 11.6 Å². The Morgan fingerprint density at radius 2 is 1.60 bits per heavy atom. The predicted octanol–water partition coefficient (Wildman–Crippen LogP) is 3.75. The fraction of sp³-hybridized carbons (Fsp3) is 0.579. The van der Waals surface area contributed by atoms with Crippen LogP contribution in [0.4, 0.5) is 0 Å². The van der Waals surface area contributed by atoms with Crippen molar-refractivity contribution in [3.63, 3.8) is 0 Å². The molecule has 1 fully saturated rings. The van der Waals surface area contributed by atoms with Gasteiger partial charge in [0.1, 0.15) is 16.7 Å². The van der Waals surface area contributed by atoms with Gasteiger partial charge in [0.15, 0.2) is 0 Å². The molecular weight excluding hydrogens is 342 g/mol. The maximum atomic E-state index is 12.7. The highest BCUT2D eigenvalue weighted by Crippen LogP contribution is 2.30. The Kier molecular flexibility index (Phi) is 7.12. The fourth-order valence-electron chi connectivity index (χ4n) is 3.31. The summed E-state index contributed by atoms with van der Waals surface area (Å²) in [6.45, 7) is 0. The van der Waals surface area contributed by atoms with E-state index in [1.165, 1.54) is 7.11 Å². The van der Waals surface area contributed by atoms with Gasteiger partial charge in [0, 0.05) is 0 Å². The van der Waals surface area contributed by atoms with E-state index >= 15 is 0 Å².